The van der Waals surface area contributed by atoms with E-state index in [-0.39, 0.29) is 37.6 Å². The SMILES string of the molecule is COc1cccc(-c2oc3c(OC)cc(CO)cc3c2C(=O)OCCCC/C=C\CCCCOC(=O)c2c(-c3cccc(OC)c3)oc3c(OC)cc(CO)cc23)c1. The predicted molar refractivity (Wildman–Crippen MR) is 219 cm³/mol. The number of esters is 2. The van der Waals surface area contributed by atoms with Gasteiger partial charge in [0.05, 0.1) is 54.9 Å². The molecule has 0 saturated heterocycles. The van der Waals surface area contributed by atoms with Crippen LogP contribution in [-0.4, -0.2) is 63.8 Å². The number of carbonyl (C=O) groups excluding carboxylic acids is 2. The molecule has 58 heavy (non-hydrogen) atoms. The van der Waals surface area contributed by atoms with Crippen LogP contribution >= 0.6 is 0 Å². The first kappa shape index (κ1) is 41.4. The molecule has 0 bridgehead atoms. The Morgan fingerprint density at radius 1 is 0.569 bits per heavy atom. The van der Waals surface area contributed by atoms with Crippen molar-refractivity contribution in [1.29, 1.82) is 0 Å². The molecule has 2 aromatic heterocycles. The van der Waals surface area contributed by atoms with E-state index in [1.165, 1.54) is 14.2 Å². The summed E-state index contributed by atoms with van der Waals surface area (Å²) in [6, 6.07) is 21.2. The van der Waals surface area contributed by atoms with Gasteiger partial charge < -0.3 is 47.5 Å². The molecule has 4 aromatic carbocycles. The minimum atomic E-state index is -0.530. The van der Waals surface area contributed by atoms with E-state index in [2.05, 4.69) is 12.2 Å². The van der Waals surface area contributed by atoms with Gasteiger partial charge in [0.25, 0.3) is 0 Å². The highest BCUT2D eigenvalue weighted by Crippen LogP contribution is 2.42. The maximum absolute atomic E-state index is 13.6. The van der Waals surface area contributed by atoms with E-state index in [0.29, 0.717) is 91.6 Å². The molecule has 0 amide bonds. The van der Waals surface area contributed by atoms with Crippen LogP contribution in [0.2, 0.25) is 0 Å². The van der Waals surface area contributed by atoms with E-state index in [1.807, 2.05) is 24.3 Å². The zero-order valence-electron chi connectivity index (χ0n) is 33.1. The van der Waals surface area contributed by atoms with Gasteiger partial charge in [0, 0.05) is 21.9 Å². The van der Waals surface area contributed by atoms with Crippen molar-refractivity contribution in [3.8, 4) is 45.6 Å². The molecule has 0 atom stereocenters. The van der Waals surface area contributed by atoms with Crippen LogP contribution in [0.25, 0.3) is 44.6 Å². The molecule has 0 radical (unpaired) electrons. The van der Waals surface area contributed by atoms with Gasteiger partial charge >= 0.3 is 11.9 Å². The summed E-state index contributed by atoms with van der Waals surface area (Å²) in [5.74, 6) is 1.61. The molecule has 12 nitrogen and oxygen atoms in total. The first-order valence-corrected chi connectivity index (χ1v) is 19.1. The van der Waals surface area contributed by atoms with Gasteiger partial charge in [0.2, 0.25) is 0 Å². The molecule has 0 saturated carbocycles. The number of aliphatic hydroxyl groups is 2. The summed E-state index contributed by atoms with van der Waals surface area (Å²) >= 11 is 0. The molecular formula is C46H48O12. The van der Waals surface area contributed by atoms with E-state index >= 15 is 0 Å². The van der Waals surface area contributed by atoms with Crippen LogP contribution < -0.4 is 18.9 Å². The number of carbonyl (C=O) groups is 2. The second-order valence-electron chi connectivity index (χ2n) is 13.5. The topological polar surface area (TPSA) is 156 Å². The number of allylic oxidation sites excluding steroid dienone is 2. The molecule has 2 heterocycles. The predicted octanol–water partition coefficient (Wildman–Crippen LogP) is 9.44. The van der Waals surface area contributed by atoms with Crippen LogP contribution in [0.5, 0.6) is 23.0 Å². The van der Waals surface area contributed by atoms with Gasteiger partial charge in [0.15, 0.2) is 22.7 Å². The highest BCUT2D eigenvalue weighted by molar-refractivity contribution is 6.11. The fourth-order valence-corrected chi connectivity index (χ4v) is 6.72. The first-order chi connectivity index (χ1) is 28.3. The number of fused-ring (bicyclic) bond motifs is 2. The van der Waals surface area contributed by atoms with Gasteiger partial charge in [-0.15, -0.1) is 0 Å². The Bertz CT molecular complexity index is 2220. The Morgan fingerprint density at radius 3 is 1.38 bits per heavy atom. The van der Waals surface area contributed by atoms with Gasteiger partial charge in [0.1, 0.15) is 34.1 Å². The minimum Gasteiger partial charge on any atom is -0.497 e. The highest BCUT2D eigenvalue weighted by Gasteiger charge is 2.28. The van der Waals surface area contributed by atoms with Crippen LogP contribution in [0, 0.1) is 0 Å². The number of unbranched alkanes of at least 4 members (excludes halogenated alkanes) is 4. The lowest BCUT2D eigenvalue weighted by Gasteiger charge is -2.07. The third kappa shape index (κ3) is 9.30. The van der Waals surface area contributed by atoms with Crippen LogP contribution in [-0.2, 0) is 22.7 Å². The lowest BCUT2D eigenvalue weighted by atomic mass is 10.0. The quantitative estimate of drug-likeness (QED) is 0.0430. The number of hydrogen-bond acceptors (Lipinski definition) is 12. The molecule has 304 valence electrons. The van der Waals surface area contributed by atoms with E-state index < -0.39 is 11.9 Å². The third-order valence-corrected chi connectivity index (χ3v) is 9.67. The van der Waals surface area contributed by atoms with Crippen molar-refractivity contribution in [2.24, 2.45) is 0 Å². The van der Waals surface area contributed by atoms with Crippen molar-refractivity contribution in [2.75, 3.05) is 41.7 Å². The Morgan fingerprint density at radius 2 is 1.00 bits per heavy atom. The minimum absolute atomic E-state index is 0.221. The number of benzene rings is 4. The second-order valence-corrected chi connectivity index (χ2v) is 13.5. The van der Waals surface area contributed by atoms with Crippen molar-refractivity contribution in [2.45, 2.75) is 51.7 Å². The summed E-state index contributed by atoms with van der Waals surface area (Å²) in [5.41, 5.74) is 3.72. The summed E-state index contributed by atoms with van der Waals surface area (Å²) in [7, 11) is 6.14. The van der Waals surface area contributed by atoms with Crippen LogP contribution in [0.15, 0.2) is 93.8 Å². The molecule has 0 aliphatic rings. The van der Waals surface area contributed by atoms with Gasteiger partial charge in [-0.2, -0.15) is 0 Å². The summed E-state index contributed by atoms with van der Waals surface area (Å²) < 4.78 is 45.7. The Hall–Kier alpha value is -6.24. The number of aliphatic hydroxyl groups excluding tert-OH is 2. The summed E-state index contributed by atoms with van der Waals surface area (Å²) in [4.78, 5) is 27.1. The summed E-state index contributed by atoms with van der Waals surface area (Å²) in [6.07, 6.45) is 8.78. The number of furan rings is 2. The average Bonchev–Trinajstić information content (AvgIpc) is 3.85. The van der Waals surface area contributed by atoms with Crippen molar-refractivity contribution in [3.63, 3.8) is 0 Å². The maximum Gasteiger partial charge on any atom is 0.342 e. The first-order valence-electron chi connectivity index (χ1n) is 19.1. The third-order valence-electron chi connectivity index (χ3n) is 9.67. The molecule has 0 aliphatic heterocycles. The zero-order chi connectivity index (χ0) is 41.0. The van der Waals surface area contributed by atoms with Gasteiger partial charge in [-0.05, 0) is 98.2 Å². The molecule has 0 fully saturated rings. The van der Waals surface area contributed by atoms with E-state index in [9.17, 15) is 19.8 Å². The monoisotopic (exact) mass is 792 g/mol. The maximum atomic E-state index is 13.6. The van der Waals surface area contributed by atoms with Crippen molar-refractivity contribution >= 4 is 33.9 Å². The molecule has 0 aliphatic carbocycles. The van der Waals surface area contributed by atoms with Crippen molar-refractivity contribution < 1.29 is 57.1 Å². The lowest BCUT2D eigenvalue weighted by molar-refractivity contribution is 0.0491. The normalized spacial score (nSPS) is 11.3. The fraction of sp³-hybridized carbons (Fsp3) is 0.304. The van der Waals surface area contributed by atoms with Gasteiger partial charge in [-0.3, -0.25) is 0 Å². The van der Waals surface area contributed by atoms with E-state index in [1.54, 1.807) is 62.8 Å². The van der Waals surface area contributed by atoms with Crippen molar-refractivity contribution in [1.82, 2.24) is 0 Å². The Kier molecular flexibility index (Phi) is 14.1. The lowest BCUT2D eigenvalue weighted by Crippen LogP contribution is -2.07. The molecular weight excluding hydrogens is 744 g/mol. The molecule has 0 spiro atoms. The number of methoxy groups -OCH3 is 4. The van der Waals surface area contributed by atoms with Crippen LogP contribution in [0.1, 0.15) is 70.4 Å². The van der Waals surface area contributed by atoms with Crippen molar-refractivity contribution in [3.05, 3.63) is 107 Å². The van der Waals surface area contributed by atoms with Gasteiger partial charge in [-0.1, -0.05) is 36.4 Å². The van der Waals surface area contributed by atoms with Crippen LogP contribution in [0.4, 0.5) is 0 Å². The number of rotatable bonds is 20. The van der Waals surface area contributed by atoms with Crippen LogP contribution in [0.3, 0.4) is 0 Å². The Balaban J connectivity index is 0.990. The smallest absolute Gasteiger partial charge is 0.342 e. The zero-order valence-corrected chi connectivity index (χ0v) is 33.1. The summed E-state index contributed by atoms with van der Waals surface area (Å²) in [5, 5.41) is 20.7. The average molecular weight is 793 g/mol. The fourth-order valence-electron chi connectivity index (χ4n) is 6.72. The molecule has 12 heteroatoms. The second kappa shape index (κ2) is 19.8. The molecule has 0 unspecified atom stereocenters. The van der Waals surface area contributed by atoms with E-state index in [4.69, 9.17) is 37.3 Å². The number of ether oxygens (including phenoxy) is 6. The molecule has 2 N–H and O–H groups in total. The molecule has 6 rings (SSSR count). The summed E-state index contributed by atoms with van der Waals surface area (Å²) in [6.45, 7) is -0.0276. The van der Waals surface area contributed by atoms with E-state index in [0.717, 1.165) is 25.7 Å². The molecule has 6 aromatic rings. The van der Waals surface area contributed by atoms with Gasteiger partial charge in [-0.25, -0.2) is 9.59 Å². The number of hydrogen-bond donors (Lipinski definition) is 2. The largest absolute Gasteiger partial charge is 0.497 e. The Labute approximate surface area is 336 Å². The standard InChI is InChI=1S/C46H48O12/c1-51-33-17-13-15-31(25-33)41-39(35-21-29(27-47)23-37(53-3)43(35)57-41)45(49)55-19-11-9-7-5-6-8-10-12-20-56-46(50)40-36-22-30(28-48)24-38(54-4)44(36)58-42(40)32-16-14-18-34(26-32)52-2/h5-6,13-18,21-26,47-48H,7-12,19-20,27-28H2,1-4H3/b6-5-. The highest BCUT2D eigenvalue weighted by atomic mass is 16.5.